The molecule has 5 heteroatoms. The molecule has 0 fully saturated rings. The summed E-state index contributed by atoms with van der Waals surface area (Å²) in [5.74, 6) is 2.47. The lowest BCUT2D eigenvalue weighted by atomic mass is 10.1. The average Bonchev–Trinajstić information content (AvgIpc) is 2.18. The highest BCUT2D eigenvalue weighted by Gasteiger charge is 2.12. The first-order chi connectivity index (χ1) is 7.06. The van der Waals surface area contributed by atoms with Crippen LogP contribution in [0.15, 0.2) is 12.1 Å². The number of hydrogen-bond acceptors (Lipinski definition) is 2. The van der Waals surface area contributed by atoms with Crippen molar-refractivity contribution in [2.75, 3.05) is 6.61 Å². The minimum atomic E-state index is -1.31. The lowest BCUT2D eigenvalue weighted by molar-refractivity contribution is 0.0696. The molecular weight excluding hydrogens is 223 g/mol. The van der Waals surface area contributed by atoms with E-state index in [4.69, 9.17) is 21.8 Å². The molecule has 0 saturated heterocycles. The summed E-state index contributed by atoms with van der Waals surface area (Å²) in [5, 5.41) is 16.9. The molecule has 0 aliphatic heterocycles. The van der Waals surface area contributed by atoms with E-state index < -0.39 is 18.4 Å². The number of halogens is 2. The molecule has 78 valence electrons. The minimum Gasteiger partial charge on any atom is -0.478 e. The highest BCUT2D eigenvalue weighted by molar-refractivity contribution is 6.33. The molecule has 3 nitrogen and oxygen atoms in total. The summed E-state index contributed by atoms with van der Waals surface area (Å²) in [4.78, 5) is 10.6. The number of carboxylic acid groups (broad SMARTS) is 1. The van der Waals surface area contributed by atoms with Crippen LogP contribution in [0.1, 0.15) is 15.9 Å². The molecule has 0 saturated carbocycles. The van der Waals surface area contributed by atoms with Crippen molar-refractivity contribution in [3.8, 4) is 11.8 Å². The quantitative estimate of drug-likeness (QED) is 0.717. The zero-order valence-corrected chi connectivity index (χ0v) is 8.18. The van der Waals surface area contributed by atoms with Crippen LogP contribution < -0.4 is 0 Å². The molecule has 0 aliphatic carbocycles. The number of hydrogen-bond donors (Lipinski definition) is 2. The molecule has 0 aliphatic rings. The summed E-state index contributed by atoms with van der Waals surface area (Å²) in [7, 11) is 0. The van der Waals surface area contributed by atoms with Gasteiger partial charge in [-0.05, 0) is 12.1 Å². The summed E-state index contributed by atoms with van der Waals surface area (Å²) < 4.78 is 13.2. The second-order valence-electron chi connectivity index (χ2n) is 2.58. The second-order valence-corrected chi connectivity index (χ2v) is 2.98. The minimum absolute atomic E-state index is 0.0425. The monoisotopic (exact) mass is 228 g/mol. The summed E-state index contributed by atoms with van der Waals surface area (Å²) >= 11 is 5.60. The fourth-order valence-electron chi connectivity index (χ4n) is 0.941. The third-order valence-corrected chi connectivity index (χ3v) is 1.90. The van der Waals surface area contributed by atoms with Gasteiger partial charge in [-0.25, -0.2) is 9.18 Å². The Kier molecular flexibility index (Phi) is 3.67. The third kappa shape index (κ3) is 2.69. The standard InChI is InChI=1S/C10H6ClFO3/c11-8-4-6(2-1-3-13)9(12)5-7(8)10(14)15/h4-5,13H,3H2,(H,14,15). The Bertz CT molecular complexity index is 460. The molecule has 0 amide bonds. The van der Waals surface area contributed by atoms with Crippen molar-refractivity contribution in [2.24, 2.45) is 0 Å². The lowest BCUT2D eigenvalue weighted by Crippen LogP contribution is -1.99. The fraction of sp³-hybridized carbons (Fsp3) is 0.100. The van der Waals surface area contributed by atoms with Gasteiger partial charge in [-0.1, -0.05) is 23.4 Å². The molecule has 0 heterocycles. The molecular formula is C10H6ClFO3. The van der Waals surface area contributed by atoms with E-state index in [0.29, 0.717) is 0 Å². The largest absolute Gasteiger partial charge is 0.478 e. The SMILES string of the molecule is O=C(O)c1cc(F)c(C#CCO)cc1Cl. The van der Waals surface area contributed by atoms with Gasteiger partial charge < -0.3 is 10.2 Å². The van der Waals surface area contributed by atoms with Crippen LogP contribution >= 0.6 is 11.6 Å². The maximum atomic E-state index is 13.2. The Balaban J connectivity index is 3.25. The van der Waals surface area contributed by atoms with Crippen LogP contribution in [-0.4, -0.2) is 22.8 Å². The number of benzene rings is 1. The van der Waals surface area contributed by atoms with E-state index in [1.54, 1.807) is 0 Å². The predicted molar refractivity (Wildman–Crippen MR) is 52.3 cm³/mol. The van der Waals surface area contributed by atoms with Gasteiger partial charge in [-0.2, -0.15) is 0 Å². The predicted octanol–water partition coefficient (Wildman–Crippen LogP) is 1.52. The Morgan fingerprint density at radius 1 is 1.53 bits per heavy atom. The van der Waals surface area contributed by atoms with Crippen LogP contribution in [-0.2, 0) is 0 Å². The van der Waals surface area contributed by atoms with Crippen LogP contribution in [0.3, 0.4) is 0 Å². The summed E-state index contributed by atoms with van der Waals surface area (Å²) in [6, 6.07) is 1.91. The normalized spacial score (nSPS) is 9.27. The van der Waals surface area contributed by atoms with E-state index >= 15 is 0 Å². The number of aliphatic hydroxyl groups is 1. The molecule has 0 bridgehead atoms. The van der Waals surface area contributed by atoms with Crippen molar-refractivity contribution < 1.29 is 19.4 Å². The topological polar surface area (TPSA) is 57.5 Å². The maximum Gasteiger partial charge on any atom is 0.337 e. The van der Waals surface area contributed by atoms with Crippen LogP contribution in [0.2, 0.25) is 5.02 Å². The van der Waals surface area contributed by atoms with Crippen molar-refractivity contribution in [1.82, 2.24) is 0 Å². The van der Waals surface area contributed by atoms with Crippen molar-refractivity contribution in [3.63, 3.8) is 0 Å². The lowest BCUT2D eigenvalue weighted by Gasteiger charge is -2.00. The Hall–Kier alpha value is -1.57. The van der Waals surface area contributed by atoms with E-state index in [0.717, 1.165) is 12.1 Å². The van der Waals surface area contributed by atoms with Gasteiger partial charge in [-0.3, -0.25) is 0 Å². The van der Waals surface area contributed by atoms with E-state index in [1.165, 1.54) is 0 Å². The van der Waals surface area contributed by atoms with Gasteiger partial charge in [0.2, 0.25) is 0 Å². The zero-order chi connectivity index (χ0) is 11.4. The van der Waals surface area contributed by atoms with Crippen molar-refractivity contribution in [1.29, 1.82) is 0 Å². The van der Waals surface area contributed by atoms with Crippen LogP contribution in [0.5, 0.6) is 0 Å². The first kappa shape index (κ1) is 11.5. The number of aromatic carboxylic acids is 1. The highest BCUT2D eigenvalue weighted by atomic mass is 35.5. The van der Waals surface area contributed by atoms with Gasteiger partial charge in [-0.15, -0.1) is 0 Å². The van der Waals surface area contributed by atoms with E-state index in [2.05, 4.69) is 11.8 Å². The van der Waals surface area contributed by atoms with E-state index in [9.17, 15) is 9.18 Å². The number of carboxylic acids is 1. The van der Waals surface area contributed by atoms with E-state index in [1.807, 2.05) is 0 Å². The fourth-order valence-corrected chi connectivity index (χ4v) is 1.19. The molecule has 1 aromatic rings. The maximum absolute atomic E-state index is 13.2. The summed E-state index contributed by atoms with van der Waals surface area (Å²) in [5.41, 5.74) is -0.359. The Labute approximate surface area is 90.1 Å². The molecule has 0 radical (unpaired) electrons. The second kappa shape index (κ2) is 4.78. The first-order valence-corrected chi connectivity index (χ1v) is 4.26. The first-order valence-electron chi connectivity index (χ1n) is 3.88. The third-order valence-electron chi connectivity index (χ3n) is 1.59. The van der Waals surface area contributed by atoms with Gasteiger partial charge in [0.05, 0.1) is 16.1 Å². The number of carbonyl (C=O) groups is 1. The van der Waals surface area contributed by atoms with Gasteiger partial charge in [0.15, 0.2) is 0 Å². The molecule has 0 spiro atoms. The van der Waals surface area contributed by atoms with Crippen molar-refractivity contribution in [2.45, 2.75) is 0 Å². The van der Waals surface area contributed by atoms with Crippen LogP contribution in [0.4, 0.5) is 4.39 Å². The highest BCUT2D eigenvalue weighted by Crippen LogP contribution is 2.20. The van der Waals surface area contributed by atoms with Gasteiger partial charge in [0, 0.05) is 0 Å². The number of rotatable bonds is 1. The summed E-state index contributed by atoms with van der Waals surface area (Å²) in [6.07, 6.45) is 0. The van der Waals surface area contributed by atoms with Gasteiger partial charge >= 0.3 is 5.97 Å². The molecule has 0 unspecified atom stereocenters. The van der Waals surface area contributed by atoms with Crippen LogP contribution in [0.25, 0.3) is 0 Å². The average molecular weight is 229 g/mol. The van der Waals surface area contributed by atoms with Gasteiger partial charge in [0.25, 0.3) is 0 Å². The molecule has 0 atom stereocenters. The van der Waals surface area contributed by atoms with E-state index in [-0.39, 0.29) is 16.1 Å². The molecule has 0 aromatic heterocycles. The molecule has 1 rings (SSSR count). The van der Waals surface area contributed by atoms with Crippen LogP contribution in [0, 0.1) is 17.7 Å². The molecule has 1 aromatic carbocycles. The molecule has 15 heavy (non-hydrogen) atoms. The zero-order valence-electron chi connectivity index (χ0n) is 7.42. The molecule has 2 N–H and O–H groups in total. The van der Waals surface area contributed by atoms with Crippen molar-refractivity contribution >= 4 is 17.6 Å². The van der Waals surface area contributed by atoms with Crippen molar-refractivity contribution in [3.05, 3.63) is 34.1 Å². The smallest absolute Gasteiger partial charge is 0.337 e. The Morgan fingerprint density at radius 2 is 2.20 bits per heavy atom. The Morgan fingerprint density at radius 3 is 2.73 bits per heavy atom. The number of aliphatic hydroxyl groups excluding tert-OH is 1. The summed E-state index contributed by atoms with van der Waals surface area (Å²) in [6.45, 7) is -0.405. The van der Waals surface area contributed by atoms with Gasteiger partial charge in [0.1, 0.15) is 12.4 Å².